The lowest BCUT2D eigenvalue weighted by molar-refractivity contribution is -0.286. The summed E-state index contributed by atoms with van der Waals surface area (Å²) in [7, 11) is 1.50. The molecule has 314 valence electrons. The molecule has 0 radical (unpaired) electrons. The van der Waals surface area contributed by atoms with Gasteiger partial charge in [-0.15, -0.1) is 0 Å². The highest BCUT2D eigenvalue weighted by molar-refractivity contribution is 5.87. The second-order valence-electron chi connectivity index (χ2n) is 15.2. The van der Waals surface area contributed by atoms with Crippen LogP contribution < -0.4 is 5.32 Å². The Hall–Kier alpha value is -4.21. The molecule has 3 unspecified atom stereocenters. The highest BCUT2D eigenvalue weighted by Crippen LogP contribution is 2.42. The molecule has 0 saturated carbocycles. The van der Waals surface area contributed by atoms with Crippen LogP contribution in [0.15, 0.2) is 60.7 Å². The molecule has 14 heteroatoms. The Labute approximate surface area is 335 Å². The fourth-order valence-electron chi connectivity index (χ4n) is 7.65. The van der Waals surface area contributed by atoms with E-state index in [1.165, 1.54) is 27.9 Å². The number of hydrogen-bond donors (Lipinski definition) is 1. The molecule has 57 heavy (non-hydrogen) atoms. The van der Waals surface area contributed by atoms with Crippen LogP contribution >= 0.6 is 0 Å². The maximum Gasteiger partial charge on any atom is 0.305 e. The number of rotatable bonds is 19. The molecule has 2 aromatic rings. The summed E-state index contributed by atoms with van der Waals surface area (Å²) in [5, 5.41) is 2.80. The Morgan fingerprint density at radius 3 is 2.07 bits per heavy atom. The largest absolute Gasteiger partial charge is 0.462 e. The monoisotopic (exact) mass is 797 g/mol. The van der Waals surface area contributed by atoms with E-state index in [0.29, 0.717) is 6.61 Å². The summed E-state index contributed by atoms with van der Waals surface area (Å²) >= 11 is 0. The third kappa shape index (κ3) is 12.6. The van der Waals surface area contributed by atoms with Gasteiger partial charge in [0.05, 0.1) is 37.9 Å². The Morgan fingerprint density at radius 2 is 1.49 bits per heavy atom. The molecule has 1 N–H and O–H groups in total. The van der Waals surface area contributed by atoms with Crippen molar-refractivity contribution in [3.63, 3.8) is 0 Å². The van der Waals surface area contributed by atoms with Crippen molar-refractivity contribution in [3.8, 4) is 0 Å². The van der Waals surface area contributed by atoms with Crippen LogP contribution in [0.1, 0.15) is 72.4 Å². The number of carbonyl (C=O) groups excluding carboxylic acids is 5. The molecule has 2 saturated heterocycles. The van der Waals surface area contributed by atoms with Crippen LogP contribution in [0.25, 0.3) is 0 Å². The molecule has 0 aliphatic carbocycles. The first-order chi connectivity index (χ1) is 27.1. The van der Waals surface area contributed by atoms with Crippen molar-refractivity contribution in [2.24, 2.45) is 29.6 Å². The van der Waals surface area contributed by atoms with Crippen LogP contribution in [0, 0.1) is 29.6 Å². The summed E-state index contributed by atoms with van der Waals surface area (Å²) in [6.07, 6.45) is -3.86. The summed E-state index contributed by atoms with van der Waals surface area (Å²) in [6, 6.07) is 19.3. The van der Waals surface area contributed by atoms with Gasteiger partial charge in [-0.2, -0.15) is 0 Å². The number of hydrogen-bond acceptors (Lipinski definition) is 13. The highest BCUT2D eigenvalue weighted by Gasteiger charge is 2.54. The van der Waals surface area contributed by atoms with Crippen molar-refractivity contribution in [2.45, 2.75) is 111 Å². The van der Waals surface area contributed by atoms with E-state index in [9.17, 15) is 24.0 Å². The number of Topliss-reactive ketones (excluding diaryl/α,β-unsaturated/α-hetero) is 1. The van der Waals surface area contributed by atoms with Gasteiger partial charge in [0.2, 0.25) is 0 Å². The van der Waals surface area contributed by atoms with Crippen molar-refractivity contribution in [2.75, 3.05) is 26.9 Å². The van der Waals surface area contributed by atoms with Crippen LogP contribution in [0.5, 0.6) is 0 Å². The lowest BCUT2D eigenvalue weighted by Crippen LogP contribution is -2.61. The van der Waals surface area contributed by atoms with Gasteiger partial charge in [0.15, 0.2) is 6.29 Å². The summed E-state index contributed by atoms with van der Waals surface area (Å²) in [4.78, 5) is 64.5. The zero-order valence-electron chi connectivity index (χ0n) is 34.3. The second kappa shape index (κ2) is 21.5. The van der Waals surface area contributed by atoms with Gasteiger partial charge in [-0.3, -0.25) is 24.0 Å². The number of esters is 3. The maximum atomic E-state index is 14.3. The minimum atomic E-state index is -2.04. The van der Waals surface area contributed by atoms with E-state index in [4.69, 9.17) is 37.9 Å². The van der Waals surface area contributed by atoms with Gasteiger partial charge in [0, 0.05) is 53.2 Å². The van der Waals surface area contributed by atoms with Gasteiger partial charge in [-0.1, -0.05) is 88.4 Å². The van der Waals surface area contributed by atoms with Gasteiger partial charge in [0.25, 0.3) is 11.7 Å². The number of ether oxygens (including phenoxy) is 8. The molecule has 4 rings (SSSR count). The fraction of sp³-hybridized carbons (Fsp3) is 0.605. The van der Waals surface area contributed by atoms with E-state index in [2.05, 4.69) is 5.32 Å². The summed E-state index contributed by atoms with van der Waals surface area (Å²) in [5.74, 6) is -6.87. The molecule has 14 nitrogen and oxygen atoms in total. The topological polar surface area (TPSA) is 171 Å². The summed E-state index contributed by atoms with van der Waals surface area (Å²) in [6.45, 7) is 11.6. The molecule has 2 aliphatic rings. The predicted molar refractivity (Wildman–Crippen MR) is 206 cm³/mol. The maximum absolute atomic E-state index is 14.3. The quantitative estimate of drug-likeness (QED) is 0.150. The number of nitrogens with one attached hydrogen (secondary N) is 1. The Bertz CT molecular complexity index is 1620. The Kier molecular flexibility index (Phi) is 17.2. The zero-order chi connectivity index (χ0) is 41.7. The minimum Gasteiger partial charge on any atom is -0.462 e. The van der Waals surface area contributed by atoms with Gasteiger partial charge in [0.1, 0.15) is 24.6 Å². The normalized spacial score (nSPS) is 28.4. The third-order valence-electron chi connectivity index (χ3n) is 10.9. The first kappa shape index (κ1) is 45.5. The second-order valence-corrected chi connectivity index (χ2v) is 15.2. The highest BCUT2D eigenvalue weighted by atomic mass is 16.7. The van der Waals surface area contributed by atoms with Crippen LogP contribution in [-0.4, -0.2) is 93.0 Å². The van der Waals surface area contributed by atoms with Gasteiger partial charge >= 0.3 is 17.9 Å². The van der Waals surface area contributed by atoms with E-state index >= 15 is 0 Å². The van der Waals surface area contributed by atoms with E-state index in [0.717, 1.165) is 11.1 Å². The average molecular weight is 798 g/mol. The van der Waals surface area contributed by atoms with Crippen LogP contribution in [0.3, 0.4) is 0 Å². The molecule has 11 atom stereocenters. The van der Waals surface area contributed by atoms with E-state index in [1.807, 2.05) is 81.4 Å². The first-order valence-corrected chi connectivity index (χ1v) is 19.6. The molecule has 1 amide bonds. The van der Waals surface area contributed by atoms with Crippen LogP contribution in [-0.2, 0) is 75.1 Å². The number of methoxy groups -OCH3 is 1. The van der Waals surface area contributed by atoms with E-state index < -0.39 is 72.1 Å². The van der Waals surface area contributed by atoms with Crippen LogP contribution in [0.2, 0.25) is 0 Å². The lowest BCUT2D eigenvalue weighted by atomic mass is 9.76. The lowest BCUT2D eigenvalue weighted by Gasteiger charge is -2.47. The SMILES string of the molecule is CO[C@@H]1OC(COCc2ccccc2)[C@H](C)[C@H](C(=O)CCNC(=O)[C@]2(OC(C)=O)C[C@@H](C)[C@@H](C)C([C@H](C)[C@@H](COC(C)=O)OC(C)=O)O2)C1OCc1ccccc1. The molecular formula is C43H59NO13. The van der Waals surface area contributed by atoms with Crippen molar-refractivity contribution in [1.29, 1.82) is 0 Å². The summed E-state index contributed by atoms with van der Waals surface area (Å²) in [5.41, 5.74) is 1.91. The number of carbonyl (C=O) groups is 5. The molecule has 0 spiro atoms. The van der Waals surface area contributed by atoms with E-state index in [-0.39, 0.29) is 62.7 Å². The van der Waals surface area contributed by atoms with Gasteiger partial charge in [-0.05, 0) is 28.9 Å². The smallest absolute Gasteiger partial charge is 0.305 e. The van der Waals surface area contributed by atoms with Crippen LogP contribution in [0.4, 0.5) is 0 Å². The van der Waals surface area contributed by atoms with Crippen molar-refractivity contribution in [1.82, 2.24) is 5.32 Å². The number of benzene rings is 2. The molecule has 2 aromatic carbocycles. The summed E-state index contributed by atoms with van der Waals surface area (Å²) < 4.78 is 47.3. The first-order valence-electron chi connectivity index (χ1n) is 19.6. The number of amides is 1. The van der Waals surface area contributed by atoms with Crippen molar-refractivity contribution < 1.29 is 61.9 Å². The molecule has 2 fully saturated rings. The predicted octanol–water partition coefficient (Wildman–Crippen LogP) is 4.94. The van der Waals surface area contributed by atoms with Crippen molar-refractivity contribution in [3.05, 3.63) is 71.8 Å². The van der Waals surface area contributed by atoms with Crippen molar-refractivity contribution >= 4 is 29.6 Å². The molecule has 0 aromatic heterocycles. The average Bonchev–Trinajstić information content (AvgIpc) is 3.17. The minimum absolute atomic E-state index is 0.0332. The van der Waals surface area contributed by atoms with E-state index in [1.54, 1.807) is 6.92 Å². The molecule has 0 bridgehead atoms. The molecule has 2 heterocycles. The Morgan fingerprint density at radius 1 is 0.860 bits per heavy atom. The number of ketones is 1. The molecular weight excluding hydrogens is 738 g/mol. The Balaban J connectivity index is 1.51. The zero-order valence-corrected chi connectivity index (χ0v) is 34.3. The third-order valence-corrected chi connectivity index (χ3v) is 10.9. The standard InChI is InChI=1S/C43H59NO13/c1-26-21-43(56-32(7)47,57-39(27(26)2)29(4)37(54-31(6)46)25-52-30(5)45)42(49)44-20-19-35(48)38-28(3)36(24-51-22-33-15-11-9-12-16-33)55-41(50-8)40(38)53-23-34-17-13-10-14-18-34/h9-18,26-29,36-41H,19-25H2,1-8H3,(H,44,49)/t26-,27-,28+,29-,36?,37-,38-,39?,40?,41-,43+/m1/s1. The fourth-order valence-corrected chi connectivity index (χ4v) is 7.65. The van der Waals surface area contributed by atoms with Gasteiger partial charge < -0.3 is 43.2 Å². The van der Waals surface area contributed by atoms with Gasteiger partial charge in [-0.25, -0.2) is 0 Å². The molecule has 2 aliphatic heterocycles.